The maximum atomic E-state index is 12.5. The molecule has 0 spiro atoms. The van der Waals surface area contributed by atoms with Crippen LogP contribution in [-0.2, 0) is 0 Å². The van der Waals surface area contributed by atoms with E-state index in [0.29, 0.717) is 16.1 Å². The van der Waals surface area contributed by atoms with Gasteiger partial charge >= 0.3 is 0 Å². The van der Waals surface area contributed by atoms with Gasteiger partial charge in [-0.15, -0.1) is 0 Å². The summed E-state index contributed by atoms with van der Waals surface area (Å²) in [5.74, 6) is -0.0178. The van der Waals surface area contributed by atoms with E-state index in [0.717, 1.165) is 14.5 Å². The zero-order chi connectivity index (χ0) is 13.4. The molecule has 94 valence electrons. The number of halogens is 2. The molecule has 1 aromatic heterocycles. The second-order valence-corrected chi connectivity index (χ2v) is 5.85. The number of rotatable bonds is 2. The minimum atomic E-state index is -0.0178. The van der Waals surface area contributed by atoms with Crippen LogP contribution in [0.4, 0.5) is 0 Å². The summed E-state index contributed by atoms with van der Waals surface area (Å²) >= 11 is 8.40. The molecule has 1 N–H and O–H groups in total. The van der Waals surface area contributed by atoms with Crippen LogP contribution in [-0.4, -0.2) is 10.8 Å². The normalized spacial score (nSPS) is 10.8. The summed E-state index contributed by atoms with van der Waals surface area (Å²) in [4.78, 5) is 15.6. The van der Waals surface area contributed by atoms with Crippen LogP contribution in [0.1, 0.15) is 15.9 Å². The number of benzene rings is 2. The van der Waals surface area contributed by atoms with Crippen molar-refractivity contribution >= 4 is 50.9 Å². The van der Waals surface area contributed by atoms with E-state index < -0.39 is 0 Å². The first kappa shape index (κ1) is 12.7. The fourth-order valence-corrected chi connectivity index (χ4v) is 2.71. The van der Waals surface area contributed by atoms with Crippen LogP contribution in [0.15, 0.2) is 48.7 Å². The number of carbonyl (C=O) groups is 1. The van der Waals surface area contributed by atoms with Gasteiger partial charge < -0.3 is 4.98 Å². The third-order valence-electron chi connectivity index (χ3n) is 3.01. The van der Waals surface area contributed by atoms with Gasteiger partial charge in [-0.25, -0.2) is 0 Å². The largest absolute Gasteiger partial charge is 0.360 e. The van der Waals surface area contributed by atoms with E-state index in [1.807, 2.05) is 36.4 Å². The van der Waals surface area contributed by atoms with Crippen LogP contribution in [0.2, 0.25) is 5.02 Å². The number of nitrogens with one attached hydrogen (secondary N) is 1. The van der Waals surface area contributed by atoms with Crippen LogP contribution in [0.25, 0.3) is 10.9 Å². The Morgan fingerprint density at radius 3 is 2.58 bits per heavy atom. The Kier molecular flexibility index (Phi) is 3.33. The van der Waals surface area contributed by atoms with Crippen molar-refractivity contribution in [1.82, 2.24) is 4.98 Å². The lowest BCUT2D eigenvalue weighted by molar-refractivity contribution is 0.104. The van der Waals surface area contributed by atoms with Crippen molar-refractivity contribution in [3.63, 3.8) is 0 Å². The van der Waals surface area contributed by atoms with Crippen molar-refractivity contribution < 1.29 is 4.79 Å². The summed E-state index contributed by atoms with van der Waals surface area (Å²) in [5.41, 5.74) is 2.16. The standard InChI is InChI=1S/C15H9ClINO/c16-12-2-1-3-13-14(12)11(8-18-13)15(19)9-4-6-10(17)7-5-9/h1-8,18H. The zero-order valence-electron chi connectivity index (χ0n) is 9.78. The molecule has 0 fully saturated rings. The van der Waals surface area contributed by atoms with E-state index in [1.54, 1.807) is 12.3 Å². The molecule has 0 aliphatic rings. The number of hydrogen-bond donors (Lipinski definition) is 1. The third-order valence-corrected chi connectivity index (χ3v) is 4.04. The van der Waals surface area contributed by atoms with Gasteiger partial charge in [0, 0.05) is 31.8 Å². The van der Waals surface area contributed by atoms with Gasteiger partial charge in [-0.2, -0.15) is 0 Å². The van der Waals surface area contributed by atoms with Crippen LogP contribution >= 0.6 is 34.2 Å². The summed E-state index contributed by atoms with van der Waals surface area (Å²) in [5, 5.41) is 1.38. The first-order valence-corrected chi connectivity index (χ1v) is 7.18. The van der Waals surface area contributed by atoms with Gasteiger partial charge in [0.1, 0.15) is 0 Å². The molecule has 0 aliphatic carbocycles. The zero-order valence-corrected chi connectivity index (χ0v) is 12.7. The molecule has 0 saturated carbocycles. The maximum absolute atomic E-state index is 12.5. The molecule has 0 radical (unpaired) electrons. The molecule has 2 aromatic carbocycles. The van der Waals surface area contributed by atoms with Crippen molar-refractivity contribution in [3.8, 4) is 0 Å². The molecule has 0 unspecified atom stereocenters. The highest BCUT2D eigenvalue weighted by Crippen LogP contribution is 2.28. The Morgan fingerprint density at radius 2 is 1.84 bits per heavy atom. The fraction of sp³-hybridized carbons (Fsp3) is 0. The molecule has 0 amide bonds. The van der Waals surface area contributed by atoms with Crippen molar-refractivity contribution in [2.45, 2.75) is 0 Å². The van der Waals surface area contributed by atoms with Gasteiger partial charge in [-0.05, 0) is 59.0 Å². The Bertz CT molecular complexity index is 761. The summed E-state index contributed by atoms with van der Waals surface area (Å²) in [6.45, 7) is 0. The SMILES string of the molecule is O=C(c1ccc(I)cc1)c1c[nH]c2cccc(Cl)c12. The van der Waals surface area contributed by atoms with E-state index in [-0.39, 0.29) is 5.78 Å². The third kappa shape index (κ3) is 2.28. The lowest BCUT2D eigenvalue weighted by Gasteiger charge is -2.01. The number of carbonyl (C=O) groups excluding carboxylic acids is 1. The second-order valence-electron chi connectivity index (χ2n) is 4.20. The molecule has 0 aliphatic heterocycles. The number of ketones is 1. The highest BCUT2D eigenvalue weighted by molar-refractivity contribution is 14.1. The van der Waals surface area contributed by atoms with Crippen LogP contribution in [0.5, 0.6) is 0 Å². The first-order valence-electron chi connectivity index (χ1n) is 5.72. The molecular formula is C15H9ClINO. The maximum Gasteiger partial charge on any atom is 0.195 e. The van der Waals surface area contributed by atoms with E-state index in [9.17, 15) is 4.79 Å². The summed E-state index contributed by atoms with van der Waals surface area (Å²) in [6.07, 6.45) is 1.72. The molecule has 0 atom stereocenters. The second kappa shape index (κ2) is 4.98. The molecule has 0 saturated heterocycles. The van der Waals surface area contributed by atoms with Gasteiger partial charge in [0.25, 0.3) is 0 Å². The van der Waals surface area contributed by atoms with Gasteiger partial charge in [0.05, 0.1) is 5.02 Å². The van der Waals surface area contributed by atoms with E-state index in [4.69, 9.17) is 11.6 Å². The topological polar surface area (TPSA) is 32.9 Å². The van der Waals surface area contributed by atoms with Crippen molar-refractivity contribution in [1.29, 1.82) is 0 Å². The van der Waals surface area contributed by atoms with Gasteiger partial charge in [-0.3, -0.25) is 4.79 Å². The van der Waals surface area contributed by atoms with Crippen LogP contribution in [0.3, 0.4) is 0 Å². The first-order chi connectivity index (χ1) is 9.16. The van der Waals surface area contributed by atoms with Gasteiger partial charge in [-0.1, -0.05) is 17.7 Å². The highest BCUT2D eigenvalue weighted by atomic mass is 127. The lowest BCUT2D eigenvalue weighted by Crippen LogP contribution is -2.00. The van der Waals surface area contributed by atoms with Crippen LogP contribution in [0, 0.1) is 3.57 Å². The van der Waals surface area contributed by atoms with E-state index in [2.05, 4.69) is 27.6 Å². The molecule has 3 aromatic rings. The van der Waals surface area contributed by atoms with Crippen LogP contribution < -0.4 is 0 Å². The summed E-state index contributed by atoms with van der Waals surface area (Å²) in [7, 11) is 0. The smallest absolute Gasteiger partial charge is 0.195 e. The van der Waals surface area contributed by atoms with Gasteiger partial charge in [0.15, 0.2) is 5.78 Å². The highest BCUT2D eigenvalue weighted by Gasteiger charge is 2.15. The predicted molar refractivity (Wildman–Crippen MR) is 85.9 cm³/mol. The molecule has 1 heterocycles. The number of fused-ring (bicyclic) bond motifs is 1. The molecule has 19 heavy (non-hydrogen) atoms. The number of hydrogen-bond acceptors (Lipinski definition) is 1. The van der Waals surface area contributed by atoms with Crippen molar-refractivity contribution in [2.24, 2.45) is 0 Å². The predicted octanol–water partition coefficient (Wildman–Crippen LogP) is 4.66. The molecule has 3 rings (SSSR count). The Hall–Kier alpha value is -1.33. The van der Waals surface area contributed by atoms with Crippen molar-refractivity contribution in [3.05, 3.63) is 68.4 Å². The van der Waals surface area contributed by atoms with E-state index in [1.165, 1.54) is 0 Å². The van der Waals surface area contributed by atoms with Gasteiger partial charge in [0.2, 0.25) is 0 Å². The summed E-state index contributed by atoms with van der Waals surface area (Å²) < 4.78 is 1.10. The Morgan fingerprint density at radius 1 is 1.11 bits per heavy atom. The van der Waals surface area contributed by atoms with E-state index >= 15 is 0 Å². The average Bonchev–Trinajstić information content (AvgIpc) is 2.84. The molecule has 4 heteroatoms. The number of aromatic amines is 1. The molecule has 0 bridgehead atoms. The minimum Gasteiger partial charge on any atom is -0.360 e. The monoisotopic (exact) mass is 381 g/mol. The average molecular weight is 382 g/mol. The molecular weight excluding hydrogens is 373 g/mol. The lowest BCUT2D eigenvalue weighted by atomic mass is 10.0. The quantitative estimate of drug-likeness (QED) is 0.508. The minimum absolute atomic E-state index is 0.0178. The Labute approximate surface area is 128 Å². The fourth-order valence-electron chi connectivity index (χ4n) is 2.08. The number of aromatic nitrogens is 1. The van der Waals surface area contributed by atoms with Crippen molar-refractivity contribution in [2.75, 3.05) is 0 Å². The summed E-state index contributed by atoms with van der Waals surface area (Å²) in [6, 6.07) is 13.1. The Balaban J connectivity index is 2.14. The molecule has 2 nitrogen and oxygen atoms in total. The number of H-pyrrole nitrogens is 1.